The van der Waals surface area contributed by atoms with Crippen molar-refractivity contribution in [2.24, 2.45) is 5.92 Å². The van der Waals surface area contributed by atoms with Crippen LogP contribution in [0, 0.1) is 5.92 Å². The molecule has 242 valence electrons. The van der Waals surface area contributed by atoms with Crippen molar-refractivity contribution in [3.8, 4) is 5.75 Å². The van der Waals surface area contributed by atoms with Crippen LogP contribution in [0.5, 0.6) is 5.75 Å². The first-order valence-corrected chi connectivity index (χ1v) is 15.5. The van der Waals surface area contributed by atoms with Gasteiger partial charge in [-0.15, -0.1) is 0 Å². The van der Waals surface area contributed by atoms with E-state index in [2.05, 4.69) is 10.6 Å². The lowest BCUT2D eigenvalue weighted by Crippen LogP contribution is -2.48. The lowest BCUT2D eigenvalue weighted by molar-refractivity contribution is -0.127. The second kappa shape index (κ2) is 15.4. The zero-order chi connectivity index (χ0) is 32.6. The number of hydrogen-bond donors (Lipinski definition) is 4. The number of benzene rings is 3. The molecule has 0 radical (unpaired) electrons. The van der Waals surface area contributed by atoms with Gasteiger partial charge in [0.2, 0.25) is 5.91 Å². The molecule has 1 aliphatic carbocycles. The summed E-state index contributed by atoms with van der Waals surface area (Å²) >= 11 is 0. The van der Waals surface area contributed by atoms with E-state index in [1.807, 2.05) is 78.9 Å². The molecule has 45 heavy (non-hydrogen) atoms. The highest BCUT2D eigenvalue weighted by atomic mass is 16.7. The molecule has 0 aromatic heterocycles. The van der Waals surface area contributed by atoms with Gasteiger partial charge in [0.1, 0.15) is 11.4 Å². The van der Waals surface area contributed by atoms with Gasteiger partial charge in [-0.1, -0.05) is 66.7 Å². The van der Waals surface area contributed by atoms with Crippen LogP contribution in [0.2, 0.25) is 0 Å². The molecular weight excluding hydrogens is 572 g/mol. The number of ether oxygens (including phenoxy) is 3. The molecule has 4 N–H and O–H groups in total. The van der Waals surface area contributed by atoms with Crippen LogP contribution in [0.4, 0.5) is 4.79 Å². The Morgan fingerprint density at radius 2 is 1.58 bits per heavy atom. The van der Waals surface area contributed by atoms with Crippen molar-refractivity contribution in [2.75, 3.05) is 7.11 Å². The maximum absolute atomic E-state index is 13.9. The molecule has 2 amide bonds. The van der Waals surface area contributed by atoms with Crippen molar-refractivity contribution < 1.29 is 34.0 Å². The van der Waals surface area contributed by atoms with E-state index in [0.717, 1.165) is 22.3 Å². The Balaban J connectivity index is 1.57. The maximum atomic E-state index is 13.9. The minimum Gasteiger partial charge on any atom is -0.465 e. The van der Waals surface area contributed by atoms with E-state index >= 15 is 0 Å². The summed E-state index contributed by atoms with van der Waals surface area (Å²) in [6.07, 6.45) is -1.72. The van der Waals surface area contributed by atoms with Gasteiger partial charge in [0.05, 0.1) is 24.3 Å². The summed E-state index contributed by atoms with van der Waals surface area (Å²) in [5, 5.41) is 28.4. The predicted octanol–water partition coefficient (Wildman–Crippen LogP) is 4.88. The van der Waals surface area contributed by atoms with Gasteiger partial charge in [-0.25, -0.2) is 4.79 Å². The molecule has 0 fully saturated rings. The molecule has 5 unspecified atom stereocenters. The van der Waals surface area contributed by atoms with E-state index in [-0.39, 0.29) is 12.3 Å². The van der Waals surface area contributed by atoms with Gasteiger partial charge in [-0.2, -0.15) is 0 Å². The molecular formula is C36H46N2O7. The van der Waals surface area contributed by atoms with Gasteiger partial charge in [-0.05, 0) is 81.3 Å². The predicted molar refractivity (Wildman–Crippen MR) is 172 cm³/mol. The van der Waals surface area contributed by atoms with Crippen molar-refractivity contribution in [1.82, 2.24) is 10.6 Å². The SMILES string of the molecule is CO[C@@H](C)Oc1ccc(CC(CC(O)C(Cc2ccccc2)NC(=O)OC(C)(C)C)C(=O)NC2c3ccccc3CC2O)cc1. The molecule has 0 aliphatic heterocycles. The van der Waals surface area contributed by atoms with Gasteiger partial charge in [0.25, 0.3) is 0 Å². The molecule has 1 aliphatic rings. The van der Waals surface area contributed by atoms with Gasteiger partial charge < -0.3 is 35.1 Å². The number of carbonyl (C=O) groups is 2. The fourth-order valence-electron chi connectivity index (χ4n) is 5.60. The average Bonchev–Trinajstić information content (AvgIpc) is 3.31. The van der Waals surface area contributed by atoms with Crippen LogP contribution in [-0.2, 0) is 33.5 Å². The Kier molecular flexibility index (Phi) is 11.6. The Hall–Kier alpha value is -3.92. The van der Waals surface area contributed by atoms with Crippen LogP contribution in [0.25, 0.3) is 0 Å². The largest absolute Gasteiger partial charge is 0.465 e. The van der Waals surface area contributed by atoms with Crippen molar-refractivity contribution in [3.63, 3.8) is 0 Å². The molecule has 9 nitrogen and oxygen atoms in total. The summed E-state index contributed by atoms with van der Waals surface area (Å²) < 4.78 is 16.4. The van der Waals surface area contributed by atoms with E-state index in [1.54, 1.807) is 34.8 Å². The molecule has 0 bridgehead atoms. The number of aliphatic hydroxyl groups is 2. The smallest absolute Gasteiger partial charge is 0.407 e. The number of methoxy groups -OCH3 is 1. The summed E-state index contributed by atoms with van der Waals surface area (Å²) in [5.41, 5.74) is 2.96. The minimum atomic E-state index is -1.08. The minimum absolute atomic E-state index is 0.0581. The molecule has 0 heterocycles. The van der Waals surface area contributed by atoms with Gasteiger partial charge in [-0.3, -0.25) is 4.79 Å². The van der Waals surface area contributed by atoms with Crippen molar-refractivity contribution >= 4 is 12.0 Å². The summed E-state index contributed by atoms with van der Waals surface area (Å²) in [6.45, 7) is 7.12. The molecule has 0 saturated heterocycles. The number of aliphatic hydroxyl groups excluding tert-OH is 2. The van der Waals surface area contributed by atoms with Crippen molar-refractivity contribution in [2.45, 2.75) is 89.6 Å². The first kappa shape index (κ1) is 34.0. The van der Waals surface area contributed by atoms with Gasteiger partial charge >= 0.3 is 6.09 Å². The van der Waals surface area contributed by atoms with Crippen LogP contribution >= 0.6 is 0 Å². The Morgan fingerprint density at radius 3 is 2.24 bits per heavy atom. The zero-order valence-corrected chi connectivity index (χ0v) is 26.7. The number of fused-ring (bicyclic) bond motifs is 1. The molecule has 9 heteroatoms. The fourth-order valence-corrected chi connectivity index (χ4v) is 5.60. The third kappa shape index (κ3) is 10.0. The zero-order valence-electron chi connectivity index (χ0n) is 26.7. The highest BCUT2D eigenvalue weighted by Crippen LogP contribution is 2.32. The normalized spacial score (nSPS) is 18.6. The summed E-state index contributed by atoms with van der Waals surface area (Å²) in [7, 11) is 1.57. The summed E-state index contributed by atoms with van der Waals surface area (Å²) in [5.74, 6) is -0.341. The number of rotatable bonds is 13. The van der Waals surface area contributed by atoms with E-state index < -0.39 is 48.2 Å². The van der Waals surface area contributed by atoms with E-state index in [9.17, 15) is 19.8 Å². The van der Waals surface area contributed by atoms with E-state index in [0.29, 0.717) is 25.0 Å². The Labute approximate surface area is 265 Å². The van der Waals surface area contributed by atoms with E-state index in [1.165, 1.54) is 0 Å². The standard InChI is InChI=1S/C36H46N2O7/c1-23(43-5)44-28-17-15-25(16-18-28)19-27(34(41)38-33-29-14-10-9-13-26(29)21-32(33)40)22-31(39)30(20-24-11-7-6-8-12-24)37-35(42)45-36(2,3)4/h6-18,23,27,30-33,39-40H,19-22H2,1-5H3,(H,37,42)(H,38,41)/t23-,27?,30?,31?,32?,33?/m1/s1. The number of nitrogens with one attached hydrogen (secondary N) is 2. The fraction of sp³-hybridized carbons (Fsp3) is 0.444. The average molecular weight is 619 g/mol. The monoisotopic (exact) mass is 618 g/mol. The van der Waals surface area contributed by atoms with Gasteiger partial charge in [0.15, 0.2) is 6.29 Å². The van der Waals surface area contributed by atoms with E-state index in [4.69, 9.17) is 14.2 Å². The molecule has 3 aromatic rings. The van der Waals surface area contributed by atoms with Crippen LogP contribution in [0.15, 0.2) is 78.9 Å². The highest BCUT2D eigenvalue weighted by molar-refractivity contribution is 5.80. The first-order valence-electron chi connectivity index (χ1n) is 15.5. The number of carbonyl (C=O) groups excluding carboxylic acids is 2. The van der Waals surface area contributed by atoms with Crippen LogP contribution in [-0.4, -0.2) is 59.5 Å². The number of hydrogen-bond acceptors (Lipinski definition) is 7. The second-order valence-electron chi connectivity index (χ2n) is 12.7. The third-order valence-electron chi connectivity index (χ3n) is 7.90. The third-order valence-corrected chi connectivity index (χ3v) is 7.90. The summed E-state index contributed by atoms with van der Waals surface area (Å²) in [4.78, 5) is 26.8. The summed E-state index contributed by atoms with van der Waals surface area (Å²) in [6, 6.07) is 23.3. The molecule has 6 atom stereocenters. The van der Waals surface area contributed by atoms with Crippen LogP contribution in [0.1, 0.15) is 62.4 Å². The lowest BCUT2D eigenvalue weighted by atomic mass is 9.88. The van der Waals surface area contributed by atoms with Gasteiger partial charge in [0, 0.05) is 19.4 Å². The molecule has 4 rings (SSSR count). The molecule has 3 aromatic carbocycles. The second-order valence-corrected chi connectivity index (χ2v) is 12.7. The first-order chi connectivity index (χ1) is 21.4. The van der Waals surface area contributed by atoms with Crippen molar-refractivity contribution in [3.05, 3.63) is 101 Å². The number of amides is 2. The van der Waals surface area contributed by atoms with Crippen LogP contribution in [0.3, 0.4) is 0 Å². The van der Waals surface area contributed by atoms with Crippen molar-refractivity contribution in [1.29, 1.82) is 0 Å². The molecule has 0 saturated carbocycles. The Morgan fingerprint density at radius 1 is 0.933 bits per heavy atom. The molecule has 0 spiro atoms. The lowest BCUT2D eigenvalue weighted by Gasteiger charge is -2.30. The van der Waals surface area contributed by atoms with Crippen LogP contribution < -0.4 is 15.4 Å². The maximum Gasteiger partial charge on any atom is 0.407 e. The Bertz CT molecular complexity index is 1390. The highest BCUT2D eigenvalue weighted by Gasteiger charge is 2.35. The number of alkyl carbamates (subject to hydrolysis) is 1. The quantitative estimate of drug-likeness (QED) is 0.201. The topological polar surface area (TPSA) is 126 Å².